The van der Waals surface area contributed by atoms with E-state index in [0.29, 0.717) is 23.3 Å². The topological polar surface area (TPSA) is 116 Å². The predicted octanol–water partition coefficient (Wildman–Crippen LogP) is 3.00. The summed E-state index contributed by atoms with van der Waals surface area (Å²) in [5.41, 5.74) is 1.92. The van der Waals surface area contributed by atoms with Crippen LogP contribution in [0.5, 0.6) is 28.7 Å². The highest BCUT2D eigenvalue weighted by Crippen LogP contribution is 2.46. The number of ether oxygens (including phenoxy) is 2. The maximum Gasteiger partial charge on any atom is 0.174 e. The lowest BCUT2D eigenvalue weighted by Crippen LogP contribution is -2.22. The number of allylic oxidation sites excluding steroid dienone is 1. The Morgan fingerprint density at radius 1 is 1.21 bits per heavy atom. The van der Waals surface area contributed by atoms with Crippen molar-refractivity contribution in [2.45, 2.75) is 25.9 Å². The zero-order chi connectivity index (χ0) is 20.4. The Labute approximate surface area is 162 Å². The molecule has 0 radical (unpaired) electrons. The van der Waals surface area contributed by atoms with E-state index < -0.39 is 6.10 Å². The lowest BCUT2D eigenvalue weighted by atomic mass is 9.92. The summed E-state index contributed by atoms with van der Waals surface area (Å²) in [6, 6.07) is 5.61. The Bertz CT molecular complexity index is 946. The van der Waals surface area contributed by atoms with E-state index in [4.69, 9.17) is 9.47 Å². The number of phenols is 3. The second-order valence-electron chi connectivity index (χ2n) is 6.68. The van der Waals surface area contributed by atoms with Gasteiger partial charge in [-0.3, -0.25) is 4.79 Å². The summed E-state index contributed by atoms with van der Waals surface area (Å²) in [7, 11) is 1.45. The van der Waals surface area contributed by atoms with E-state index in [-0.39, 0.29) is 47.4 Å². The predicted molar refractivity (Wildman–Crippen MR) is 101 cm³/mol. The molecule has 28 heavy (non-hydrogen) atoms. The molecule has 1 atom stereocenters. The average Bonchev–Trinajstić information content (AvgIpc) is 2.68. The van der Waals surface area contributed by atoms with Gasteiger partial charge in [0.05, 0.1) is 20.1 Å². The number of aromatic hydroxyl groups is 3. The fourth-order valence-corrected chi connectivity index (χ4v) is 3.16. The van der Waals surface area contributed by atoms with E-state index in [0.717, 1.165) is 5.57 Å². The largest absolute Gasteiger partial charge is 0.507 e. The van der Waals surface area contributed by atoms with Gasteiger partial charge in [-0.25, -0.2) is 0 Å². The summed E-state index contributed by atoms with van der Waals surface area (Å²) >= 11 is 0. The molecule has 0 aromatic heterocycles. The normalized spacial score (nSPS) is 16.5. The van der Waals surface area contributed by atoms with Crippen LogP contribution >= 0.6 is 0 Å². The van der Waals surface area contributed by atoms with Crippen molar-refractivity contribution in [3.05, 3.63) is 52.6 Å². The number of benzene rings is 2. The number of phenolic OH excluding ortho intramolecular Hbond substituents is 3. The standard InChI is InChI=1S/C21H22O7/c1-11(10-22)3-5-13-19(27-2)9-17(26)20-16(25)8-18(28-21(13)20)12-4-6-14(23)15(24)7-12/h3-4,6-7,9,18,22-24,26H,5,8,10H2,1-2H3/t18-/m0/s1. The van der Waals surface area contributed by atoms with Gasteiger partial charge in [-0.1, -0.05) is 17.7 Å². The van der Waals surface area contributed by atoms with Crippen LogP contribution in [0.1, 0.15) is 40.9 Å². The van der Waals surface area contributed by atoms with E-state index in [1.54, 1.807) is 19.1 Å². The van der Waals surface area contributed by atoms with E-state index in [9.17, 15) is 25.2 Å². The van der Waals surface area contributed by atoms with Crippen molar-refractivity contribution in [1.82, 2.24) is 0 Å². The summed E-state index contributed by atoms with van der Waals surface area (Å²) in [6.45, 7) is 1.67. The maximum absolute atomic E-state index is 12.7. The van der Waals surface area contributed by atoms with Gasteiger partial charge in [-0.15, -0.1) is 0 Å². The molecule has 1 aliphatic heterocycles. The summed E-state index contributed by atoms with van der Waals surface area (Å²) in [4.78, 5) is 12.7. The zero-order valence-corrected chi connectivity index (χ0v) is 15.6. The Balaban J connectivity index is 2.09. The number of hydrogen-bond acceptors (Lipinski definition) is 7. The minimum Gasteiger partial charge on any atom is -0.507 e. The Hall–Kier alpha value is -3.19. The highest BCUT2D eigenvalue weighted by Gasteiger charge is 2.34. The van der Waals surface area contributed by atoms with Gasteiger partial charge in [0.1, 0.15) is 28.9 Å². The number of fused-ring (bicyclic) bond motifs is 1. The molecule has 0 saturated heterocycles. The van der Waals surface area contributed by atoms with Crippen molar-refractivity contribution in [2.24, 2.45) is 0 Å². The van der Waals surface area contributed by atoms with Crippen molar-refractivity contribution in [3.8, 4) is 28.7 Å². The molecule has 7 heteroatoms. The van der Waals surface area contributed by atoms with Crippen molar-refractivity contribution in [1.29, 1.82) is 0 Å². The van der Waals surface area contributed by atoms with Gasteiger partial charge in [0.25, 0.3) is 0 Å². The summed E-state index contributed by atoms with van der Waals surface area (Å²) < 4.78 is 11.4. The molecule has 148 valence electrons. The second kappa shape index (κ2) is 7.82. The fourth-order valence-electron chi connectivity index (χ4n) is 3.16. The molecular weight excluding hydrogens is 364 g/mol. The molecule has 1 aliphatic rings. The monoisotopic (exact) mass is 386 g/mol. The summed E-state index contributed by atoms with van der Waals surface area (Å²) in [6.07, 6.45) is 1.40. The Morgan fingerprint density at radius 3 is 2.61 bits per heavy atom. The van der Waals surface area contributed by atoms with Crippen LogP contribution in [0.3, 0.4) is 0 Å². The third kappa shape index (κ3) is 3.61. The first kappa shape index (κ1) is 19.6. The molecule has 0 saturated carbocycles. The molecule has 3 rings (SSSR count). The average molecular weight is 386 g/mol. The van der Waals surface area contributed by atoms with Gasteiger partial charge in [-0.2, -0.15) is 0 Å². The van der Waals surface area contributed by atoms with Crippen LogP contribution in [0.25, 0.3) is 0 Å². The quantitative estimate of drug-likeness (QED) is 0.461. The molecule has 7 nitrogen and oxygen atoms in total. The van der Waals surface area contributed by atoms with Gasteiger partial charge in [0, 0.05) is 11.6 Å². The summed E-state index contributed by atoms with van der Waals surface area (Å²) in [5, 5.41) is 38.8. The smallest absolute Gasteiger partial charge is 0.174 e. The molecule has 0 aliphatic carbocycles. The van der Waals surface area contributed by atoms with Crippen LogP contribution < -0.4 is 9.47 Å². The molecule has 4 N–H and O–H groups in total. The van der Waals surface area contributed by atoms with Crippen molar-refractivity contribution in [2.75, 3.05) is 13.7 Å². The van der Waals surface area contributed by atoms with Gasteiger partial charge in [-0.05, 0) is 31.0 Å². The summed E-state index contributed by atoms with van der Waals surface area (Å²) in [5.74, 6) is -0.531. The van der Waals surface area contributed by atoms with Crippen LogP contribution in [0, 0.1) is 0 Å². The first-order valence-corrected chi connectivity index (χ1v) is 8.76. The van der Waals surface area contributed by atoms with Crippen molar-refractivity contribution >= 4 is 5.78 Å². The molecular formula is C21H22O7. The highest BCUT2D eigenvalue weighted by atomic mass is 16.5. The third-order valence-electron chi connectivity index (χ3n) is 4.73. The van der Waals surface area contributed by atoms with Crippen molar-refractivity contribution in [3.63, 3.8) is 0 Å². The van der Waals surface area contributed by atoms with E-state index in [1.165, 1.54) is 25.3 Å². The lowest BCUT2D eigenvalue weighted by Gasteiger charge is -2.29. The fraction of sp³-hybridized carbons (Fsp3) is 0.286. The number of ketones is 1. The molecule has 0 spiro atoms. The maximum atomic E-state index is 12.7. The van der Waals surface area contributed by atoms with E-state index in [1.807, 2.05) is 0 Å². The molecule has 2 aromatic carbocycles. The zero-order valence-electron chi connectivity index (χ0n) is 15.6. The number of hydrogen-bond donors (Lipinski definition) is 4. The van der Waals surface area contributed by atoms with Crippen LogP contribution in [-0.2, 0) is 6.42 Å². The van der Waals surface area contributed by atoms with Crippen LogP contribution in [0.15, 0.2) is 35.9 Å². The number of aliphatic hydroxyl groups excluding tert-OH is 1. The SMILES string of the molecule is COc1cc(O)c2c(c1CC=C(C)CO)O[C@H](c1ccc(O)c(O)c1)CC2=O. The minimum atomic E-state index is -0.695. The molecule has 1 heterocycles. The van der Waals surface area contributed by atoms with Gasteiger partial charge in [0.15, 0.2) is 17.3 Å². The highest BCUT2D eigenvalue weighted by molar-refractivity contribution is 6.03. The van der Waals surface area contributed by atoms with Crippen LogP contribution in [-0.4, -0.2) is 39.9 Å². The van der Waals surface area contributed by atoms with Gasteiger partial charge in [0.2, 0.25) is 0 Å². The number of rotatable bonds is 5. The lowest BCUT2D eigenvalue weighted by molar-refractivity contribution is 0.0842. The molecule has 2 aromatic rings. The van der Waals surface area contributed by atoms with E-state index in [2.05, 4.69) is 0 Å². The Morgan fingerprint density at radius 2 is 1.96 bits per heavy atom. The number of carbonyl (C=O) groups is 1. The molecule has 0 bridgehead atoms. The first-order valence-electron chi connectivity index (χ1n) is 8.76. The van der Waals surface area contributed by atoms with E-state index >= 15 is 0 Å². The molecule has 0 unspecified atom stereocenters. The number of aliphatic hydroxyl groups is 1. The van der Waals surface area contributed by atoms with Gasteiger partial charge < -0.3 is 29.9 Å². The minimum absolute atomic E-state index is 0.0257. The second-order valence-corrected chi connectivity index (χ2v) is 6.68. The number of carbonyl (C=O) groups excluding carboxylic acids is 1. The van der Waals surface area contributed by atoms with Gasteiger partial charge >= 0.3 is 0 Å². The van der Waals surface area contributed by atoms with Crippen LogP contribution in [0.2, 0.25) is 0 Å². The molecule has 0 amide bonds. The van der Waals surface area contributed by atoms with Crippen LogP contribution in [0.4, 0.5) is 0 Å². The third-order valence-corrected chi connectivity index (χ3v) is 4.73. The molecule has 0 fully saturated rings. The first-order chi connectivity index (χ1) is 13.3. The van der Waals surface area contributed by atoms with Crippen molar-refractivity contribution < 1.29 is 34.7 Å². The number of methoxy groups -OCH3 is 1. The number of Topliss-reactive ketones (excluding diaryl/α,β-unsaturated/α-hetero) is 1. The Kier molecular flexibility index (Phi) is 5.46.